The first-order chi connectivity index (χ1) is 15.8. The van der Waals surface area contributed by atoms with Crippen molar-refractivity contribution in [2.75, 3.05) is 17.7 Å². The van der Waals surface area contributed by atoms with Crippen molar-refractivity contribution in [3.05, 3.63) is 66.2 Å². The van der Waals surface area contributed by atoms with Crippen molar-refractivity contribution in [3.8, 4) is 17.0 Å². The van der Waals surface area contributed by atoms with Crippen molar-refractivity contribution in [2.24, 2.45) is 0 Å². The molecule has 7 nitrogen and oxygen atoms in total. The molecular weight excluding hydrogens is 455 g/mol. The number of hydrogen-bond donors (Lipinski definition) is 1. The molecule has 0 spiro atoms. The van der Waals surface area contributed by atoms with E-state index in [2.05, 4.69) is 20.6 Å². The smallest absolute Gasteiger partial charge is 0.418 e. The molecule has 1 amide bonds. The van der Waals surface area contributed by atoms with Crippen molar-refractivity contribution in [3.63, 3.8) is 0 Å². The second-order valence-corrected chi connectivity index (χ2v) is 7.75. The molecule has 0 aliphatic carbocycles. The average Bonchev–Trinajstić information content (AvgIpc) is 3.20. The number of para-hydroxylation sites is 1. The number of aromatic nitrogens is 4. The summed E-state index contributed by atoms with van der Waals surface area (Å²) in [5.74, 6) is -0.0146. The molecule has 2 heterocycles. The number of anilines is 1. The van der Waals surface area contributed by atoms with E-state index in [4.69, 9.17) is 4.74 Å². The van der Waals surface area contributed by atoms with E-state index in [1.807, 2.05) is 31.2 Å². The van der Waals surface area contributed by atoms with Gasteiger partial charge in [-0.25, -0.2) is 0 Å². The number of nitrogens with one attached hydrogen (secondary N) is 1. The highest BCUT2D eigenvalue weighted by atomic mass is 32.2. The van der Waals surface area contributed by atoms with Gasteiger partial charge in [-0.1, -0.05) is 23.9 Å². The fourth-order valence-corrected chi connectivity index (χ4v) is 3.75. The van der Waals surface area contributed by atoms with Crippen LogP contribution in [0.25, 0.3) is 16.9 Å². The van der Waals surface area contributed by atoms with Crippen LogP contribution in [0, 0.1) is 0 Å². The third-order valence-electron chi connectivity index (χ3n) is 4.53. The number of carbonyl (C=O) groups excluding carboxylic acids is 1. The van der Waals surface area contributed by atoms with Crippen LogP contribution in [0.15, 0.2) is 65.8 Å². The van der Waals surface area contributed by atoms with Gasteiger partial charge in [-0.15, -0.1) is 10.2 Å². The van der Waals surface area contributed by atoms with Crippen LogP contribution < -0.4 is 10.1 Å². The molecule has 0 aliphatic heterocycles. The first-order valence-electron chi connectivity index (χ1n) is 9.89. The van der Waals surface area contributed by atoms with Crippen LogP contribution in [0.5, 0.6) is 5.75 Å². The molecule has 2 aromatic carbocycles. The first kappa shape index (κ1) is 22.6. The number of ether oxygens (including phenoxy) is 1. The van der Waals surface area contributed by atoms with E-state index in [-0.39, 0.29) is 11.4 Å². The Labute approximate surface area is 191 Å². The van der Waals surface area contributed by atoms with E-state index in [1.165, 1.54) is 22.7 Å². The van der Waals surface area contributed by atoms with Crippen molar-refractivity contribution in [2.45, 2.75) is 18.3 Å². The minimum Gasteiger partial charge on any atom is -0.494 e. The fraction of sp³-hybridized carbons (Fsp3) is 0.182. The lowest BCUT2D eigenvalue weighted by Gasteiger charge is -2.13. The van der Waals surface area contributed by atoms with Crippen LogP contribution in [0.1, 0.15) is 12.5 Å². The van der Waals surface area contributed by atoms with E-state index in [1.54, 1.807) is 12.1 Å². The Morgan fingerprint density at radius 2 is 1.82 bits per heavy atom. The van der Waals surface area contributed by atoms with Gasteiger partial charge in [-0.3, -0.25) is 4.79 Å². The van der Waals surface area contributed by atoms with E-state index < -0.39 is 17.6 Å². The molecule has 0 saturated heterocycles. The lowest BCUT2D eigenvalue weighted by molar-refractivity contribution is -0.137. The Hall–Kier alpha value is -3.60. The standard InChI is InChI=1S/C22H18F3N5O2S/c1-2-32-15-9-7-14(8-10-15)17-11-12-19-27-28-21(30(19)29-17)33-13-20(31)26-18-6-4-3-5-16(18)22(23,24)25/h3-12H,2,13H2,1H3,(H,26,31). The molecule has 0 aliphatic rings. The highest BCUT2D eigenvalue weighted by Gasteiger charge is 2.33. The van der Waals surface area contributed by atoms with Gasteiger partial charge in [-0.2, -0.15) is 22.8 Å². The predicted molar refractivity (Wildman–Crippen MR) is 118 cm³/mol. The van der Waals surface area contributed by atoms with Gasteiger partial charge in [0.25, 0.3) is 0 Å². The highest BCUT2D eigenvalue weighted by molar-refractivity contribution is 7.99. The number of nitrogens with zero attached hydrogens (tertiary/aromatic N) is 4. The maximum absolute atomic E-state index is 13.1. The monoisotopic (exact) mass is 473 g/mol. The van der Waals surface area contributed by atoms with Gasteiger partial charge in [0.1, 0.15) is 5.75 Å². The maximum atomic E-state index is 13.1. The van der Waals surface area contributed by atoms with E-state index in [0.29, 0.717) is 23.1 Å². The Balaban J connectivity index is 1.48. The molecule has 0 atom stereocenters. The van der Waals surface area contributed by atoms with E-state index >= 15 is 0 Å². The zero-order valence-electron chi connectivity index (χ0n) is 17.3. The zero-order chi connectivity index (χ0) is 23.4. The van der Waals surface area contributed by atoms with Crippen LogP contribution in [-0.4, -0.2) is 38.1 Å². The Morgan fingerprint density at radius 1 is 1.06 bits per heavy atom. The number of hydrogen-bond acceptors (Lipinski definition) is 6. The summed E-state index contributed by atoms with van der Waals surface area (Å²) in [6.07, 6.45) is -4.57. The molecule has 0 bridgehead atoms. The van der Waals surface area contributed by atoms with Crippen LogP contribution in [-0.2, 0) is 11.0 Å². The topological polar surface area (TPSA) is 81.4 Å². The average molecular weight is 473 g/mol. The van der Waals surface area contributed by atoms with Gasteiger partial charge >= 0.3 is 6.18 Å². The second-order valence-electron chi connectivity index (χ2n) is 6.81. The molecule has 4 rings (SSSR count). The summed E-state index contributed by atoms with van der Waals surface area (Å²) in [4.78, 5) is 12.3. The summed E-state index contributed by atoms with van der Waals surface area (Å²) in [5, 5.41) is 15.3. The minimum absolute atomic E-state index is 0.165. The number of rotatable bonds is 7. The van der Waals surface area contributed by atoms with Gasteiger partial charge in [0.05, 0.1) is 29.3 Å². The molecule has 0 fully saturated rings. The van der Waals surface area contributed by atoms with Crippen molar-refractivity contribution in [1.29, 1.82) is 0 Å². The highest BCUT2D eigenvalue weighted by Crippen LogP contribution is 2.34. The molecular formula is C22H18F3N5O2S. The SMILES string of the molecule is CCOc1ccc(-c2ccc3nnc(SCC(=O)Nc4ccccc4C(F)(F)F)n3n2)cc1. The first-order valence-corrected chi connectivity index (χ1v) is 10.9. The molecule has 0 unspecified atom stereocenters. The quantitative estimate of drug-likeness (QED) is 0.383. The fourth-order valence-electron chi connectivity index (χ4n) is 3.06. The molecule has 0 radical (unpaired) electrons. The third-order valence-corrected chi connectivity index (χ3v) is 5.45. The molecule has 4 aromatic rings. The summed E-state index contributed by atoms with van der Waals surface area (Å²) in [6.45, 7) is 2.48. The number of halogens is 3. The van der Waals surface area contributed by atoms with Gasteiger partial charge in [0.2, 0.25) is 11.1 Å². The molecule has 0 saturated carbocycles. The molecule has 2 aromatic heterocycles. The number of fused-ring (bicyclic) bond motifs is 1. The van der Waals surface area contributed by atoms with Crippen molar-refractivity contribution in [1.82, 2.24) is 19.8 Å². The Kier molecular flexibility index (Phi) is 6.50. The van der Waals surface area contributed by atoms with E-state index in [0.717, 1.165) is 29.1 Å². The number of carbonyl (C=O) groups is 1. The number of alkyl halides is 3. The Morgan fingerprint density at radius 3 is 2.55 bits per heavy atom. The van der Waals surface area contributed by atoms with Crippen LogP contribution in [0.4, 0.5) is 18.9 Å². The maximum Gasteiger partial charge on any atom is 0.418 e. The number of amides is 1. The number of thioether (sulfide) groups is 1. The molecule has 33 heavy (non-hydrogen) atoms. The largest absolute Gasteiger partial charge is 0.494 e. The van der Waals surface area contributed by atoms with Crippen molar-refractivity contribution < 1.29 is 22.7 Å². The summed E-state index contributed by atoms with van der Waals surface area (Å²) in [6, 6.07) is 15.8. The zero-order valence-corrected chi connectivity index (χ0v) is 18.2. The summed E-state index contributed by atoms with van der Waals surface area (Å²) in [5.41, 5.74) is 0.799. The summed E-state index contributed by atoms with van der Waals surface area (Å²) >= 11 is 1.02. The van der Waals surface area contributed by atoms with Crippen molar-refractivity contribution >= 4 is 29.0 Å². The molecule has 170 valence electrons. The normalized spacial score (nSPS) is 11.5. The van der Waals surface area contributed by atoms with Gasteiger partial charge in [0, 0.05) is 5.56 Å². The predicted octanol–water partition coefficient (Wildman–Crippen LogP) is 4.94. The third kappa shape index (κ3) is 5.25. The van der Waals surface area contributed by atoms with Gasteiger partial charge in [-0.05, 0) is 55.5 Å². The van der Waals surface area contributed by atoms with Gasteiger partial charge in [0.15, 0.2) is 5.65 Å². The number of benzene rings is 2. The van der Waals surface area contributed by atoms with Crippen LogP contribution in [0.3, 0.4) is 0 Å². The van der Waals surface area contributed by atoms with E-state index in [9.17, 15) is 18.0 Å². The second kappa shape index (κ2) is 9.49. The summed E-state index contributed by atoms with van der Waals surface area (Å²) in [7, 11) is 0. The minimum atomic E-state index is -4.57. The summed E-state index contributed by atoms with van der Waals surface area (Å²) < 4.78 is 46.3. The lowest BCUT2D eigenvalue weighted by Crippen LogP contribution is -2.18. The molecule has 11 heteroatoms. The Bertz CT molecular complexity index is 1280. The van der Waals surface area contributed by atoms with Gasteiger partial charge < -0.3 is 10.1 Å². The molecule has 1 N–H and O–H groups in total. The lowest BCUT2D eigenvalue weighted by atomic mass is 10.1. The van der Waals surface area contributed by atoms with Crippen LogP contribution >= 0.6 is 11.8 Å². The van der Waals surface area contributed by atoms with Crippen LogP contribution in [0.2, 0.25) is 0 Å².